The van der Waals surface area contributed by atoms with Gasteiger partial charge in [0.05, 0.1) is 5.69 Å². The molecule has 78 valence electrons. The predicted molar refractivity (Wildman–Crippen MR) is 57.5 cm³/mol. The van der Waals surface area contributed by atoms with Crippen LogP contribution in [0.3, 0.4) is 0 Å². The summed E-state index contributed by atoms with van der Waals surface area (Å²) in [7, 11) is 1.72. The number of nitrogens with zero attached hydrogens (tertiary/aromatic N) is 1. The summed E-state index contributed by atoms with van der Waals surface area (Å²) in [6.07, 6.45) is 1.57. The number of hydrogen-bond donors (Lipinski definition) is 3. The summed E-state index contributed by atoms with van der Waals surface area (Å²) in [5.74, 6) is 2.15. The van der Waals surface area contributed by atoms with Crippen LogP contribution in [0.4, 0.5) is 0 Å². The first kappa shape index (κ1) is 10.9. The molecule has 1 aromatic heterocycles. The number of nitrogens with one attached hydrogen (secondary N) is 3. The van der Waals surface area contributed by atoms with E-state index in [1.54, 1.807) is 25.1 Å². The average Bonchev–Trinajstić information content (AvgIpc) is 2.69. The van der Waals surface area contributed by atoms with Crippen molar-refractivity contribution in [2.45, 2.75) is 5.75 Å². The van der Waals surface area contributed by atoms with Crippen LogP contribution in [0.25, 0.3) is 0 Å². The fraction of sp³-hybridized carbons (Fsp3) is 0.500. The molecule has 0 radical (unpaired) electrons. The number of rotatable bonds is 5. The topological polar surface area (TPSA) is 73.9 Å². The molecule has 1 heterocycles. The fourth-order valence-electron chi connectivity index (χ4n) is 0.825. The van der Waals surface area contributed by atoms with Crippen molar-refractivity contribution in [3.8, 4) is 0 Å². The molecule has 0 aliphatic heterocycles. The zero-order valence-electron chi connectivity index (χ0n) is 8.04. The fourth-order valence-corrected chi connectivity index (χ4v) is 1.57. The number of guanidine groups is 1. The van der Waals surface area contributed by atoms with E-state index in [4.69, 9.17) is 9.93 Å². The van der Waals surface area contributed by atoms with Crippen LogP contribution < -0.4 is 10.6 Å². The highest BCUT2D eigenvalue weighted by Gasteiger charge is 1.96. The molecule has 0 saturated heterocycles. The SMILES string of the molecule is CNC(=N)NCCSCc1ccon1. The quantitative estimate of drug-likeness (QED) is 0.381. The summed E-state index contributed by atoms with van der Waals surface area (Å²) >= 11 is 1.75. The summed E-state index contributed by atoms with van der Waals surface area (Å²) in [6, 6.07) is 1.86. The monoisotopic (exact) mass is 214 g/mol. The molecule has 0 saturated carbocycles. The standard InChI is InChI=1S/C8H14N4OS/c1-10-8(9)11-3-5-14-6-7-2-4-13-12-7/h2,4H,3,5-6H2,1H3,(H3,9,10,11). The van der Waals surface area contributed by atoms with E-state index in [2.05, 4.69) is 15.8 Å². The van der Waals surface area contributed by atoms with Crippen molar-refractivity contribution >= 4 is 17.7 Å². The third kappa shape index (κ3) is 4.18. The van der Waals surface area contributed by atoms with Crippen LogP contribution in [-0.2, 0) is 5.75 Å². The minimum Gasteiger partial charge on any atom is -0.364 e. The Morgan fingerprint density at radius 1 is 1.71 bits per heavy atom. The zero-order chi connectivity index (χ0) is 10.2. The van der Waals surface area contributed by atoms with Crippen molar-refractivity contribution in [2.24, 2.45) is 0 Å². The molecule has 0 aromatic carbocycles. The van der Waals surface area contributed by atoms with Crippen LogP contribution in [0.15, 0.2) is 16.9 Å². The summed E-state index contributed by atoms with van der Waals surface area (Å²) in [5.41, 5.74) is 0.957. The lowest BCUT2D eigenvalue weighted by atomic mass is 10.5. The van der Waals surface area contributed by atoms with Crippen LogP contribution >= 0.6 is 11.8 Å². The predicted octanol–water partition coefficient (Wildman–Crippen LogP) is 0.652. The average molecular weight is 214 g/mol. The molecule has 0 spiro atoms. The highest BCUT2D eigenvalue weighted by Crippen LogP contribution is 2.08. The van der Waals surface area contributed by atoms with Crippen LogP contribution in [0.2, 0.25) is 0 Å². The second-order valence-electron chi connectivity index (χ2n) is 2.60. The molecule has 6 heteroatoms. The van der Waals surface area contributed by atoms with Gasteiger partial charge < -0.3 is 15.2 Å². The molecule has 0 aliphatic carbocycles. The van der Waals surface area contributed by atoms with Crippen molar-refractivity contribution in [1.29, 1.82) is 5.41 Å². The molecule has 0 aliphatic rings. The maximum atomic E-state index is 7.25. The summed E-state index contributed by atoms with van der Waals surface area (Å²) in [5, 5.41) is 16.7. The van der Waals surface area contributed by atoms with Gasteiger partial charge in [0.1, 0.15) is 6.26 Å². The lowest BCUT2D eigenvalue weighted by Crippen LogP contribution is -2.34. The maximum Gasteiger partial charge on any atom is 0.188 e. The van der Waals surface area contributed by atoms with Crippen molar-refractivity contribution in [1.82, 2.24) is 15.8 Å². The summed E-state index contributed by atoms with van der Waals surface area (Å²) in [4.78, 5) is 0. The van der Waals surface area contributed by atoms with E-state index in [0.29, 0.717) is 5.96 Å². The van der Waals surface area contributed by atoms with Crippen molar-refractivity contribution in [3.05, 3.63) is 18.0 Å². The first-order valence-electron chi connectivity index (χ1n) is 4.30. The largest absolute Gasteiger partial charge is 0.364 e. The van der Waals surface area contributed by atoms with Gasteiger partial charge in [0, 0.05) is 31.2 Å². The normalized spacial score (nSPS) is 9.79. The first-order chi connectivity index (χ1) is 6.83. The van der Waals surface area contributed by atoms with Gasteiger partial charge in [-0.2, -0.15) is 11.8 Å². The Kier molecular flexibility index (Phi) is 4.92. The van der Waals surface area contributed by atoms with Crippen LogP contribution in [-0.4, -0.2) is 30.5 Å². The van der Waals surface area contributed by atoms with Crippen molar-refractivity contribution in [2.75, 3.05) is 19.3 Å². The number of hydrogen-bond acceptors (Lipinski definition) is 4. The lowest BCUT2D eigenvalue weighted by molar-refractivity contribution is 0.414. The number of aromatic nitrogens is 1. The third-order valence-electron chi connectivity index (χ3n) is 1.54. The molecule has 0 atom stereocenters. The van der Waals surface area contributed by atoms with Gasteiger partial charge in [-0.15, -0.1) is 0 Å². The Morgan fingerprint density at radius 3 is 3.21 bits per heavy atom. The Labute approximate surface area is 87.1 Å². The Balaban J connectivity index is 1.97. The zero-order valence-corrected chi connectivity index (χ0v) is 8.86. The Hall–Kier alpha value is -1.17. The molecule has 14 heavy (non-hydrogen) atoms. The molecular weight excluding hydrogens is 200 g/mol. The van der Waals surface area contributed by atoms with Gasteiger partial charge >= 0.3 is 0 Å². The summed E-state index contributed by atoms with van der Waals surface area (Å²) in [6.45, 7) is 0.780. The van der Waals surface area contributed by atoms with E-state index in [1.807, 2.05) is 6.07 Å². The van der Waals surface area contributed by atoms with E-state index in [9.17, 15) is 0 Å². The second-order valence-corrected chi connectivity index (χ2v) is 3.70. The van der Waals surface area contributed by atoms with Gasteiger partial charge in [-0.3, -0.25) is 5.41 Å². The Morgan fingerprint density at radius 2 is 2.57 bits per heavy atom. The van der Waals surface area contributed by atoms with Gasteiger partial charge in [-0.05, 0) is 0 Å². The number of thioether (sulfide) groups is 1. The second kappa shape index (κ2) is 6.31. The third-order valence-corrected chi connectivity index (χ3v) is 2.53. The van der Waals surface area contributed by atoms with E-state index < -0.39 is 0 Å². The minimum atomic E-state index is 0.354. The molecule has 1 rings (SSSR count). The smallest absolute Gasteiger partial charge is 0.188 e. The maximum absolute atomic E-state index is 7.25. The van der Waals surface area contributed by atoms with E-state index in [1.165, 1.54) is 0 Å². The van der Waals surface area contributed by atoms with Crippen LogP contribution in [0, 0.1) is 5.41 Å². The molecule has 0 unspecified atom stereocenters. The molecule has 0 fully saturated rings. The van der Waals surface area contributed by atoms with Gasteiger partial charge in [0.2, 0.25) is 0 Å². The highest BCUT2D eigenvalue weighted by atomic mass is 32.2. The van der Waals surface area contributed by atoms with E-state index in [0.717, 1.165) is 23.7 Å². The van der Waals surface area contributed by atoms with Gasteiger partial charge in [-0.25, -0.2) is 0 Å². The Bertz CT molecular complexity index is 262. The lowest BCUT2D eigenvalue weighted by Gasteiger charge is -2.05. The van der Waals surface area contributed by atoms with Crippen molar-refractivity contribution in [3.63, 3.8) is 0 Å². The van der Waals surface area contributed by atoms with Gasteiger partial charge in [0.25, 0.3) is 0 Å². The first-order valence-corrected chi connectivity index (χ1v) is 5.45. The molecule has 0 amide bonds. The molecule has 5 nitrogen and oxygen atoms in total. The van der Waals surface area contributed by atoms with Crippen LogP contribution in [0.1, 0.15) is 5.69 Å². The molecule has 3 N–H and O–H groups in total. The highest BCUT2D eigenvalue weighted by molar-refractivity contribution is 7.98. The summed E-state index contributed by atoms with van der Waals surface area (Å²) < 4.78 is 4.70. The van der Waals surface area contributed by atoms with Crippen molar-refractivity contribution < 1.29 is 4.52 Å². The molecular formula is C8H14N4OS. The van der Waals surface area contributed by atoms with E-state index in [-0.39, 0.29) is 0 Å². The minimum absolute atomic E-state index is 0.354. The molecule has 0 bridgehead atoms. The van der Waals surface area contributed by atoms with E-state index >= 15 is 0 Å². The van der Waals surface area contributed by atoms with Gasteiger partial charge in [0.15, 0.2) is 5.96 Å². The van der Waals surface area contributed by atoms with Crippen LogP contribution in [0.5, 0.6) is 0 Å². The molecule has 1 aromatic rings. The van der Waals surface area contributed by atoms with Gasteiger partial charge in [-0.1, -0.05) is 5.16 Å².